The van der Waals surface area contributed by atoms with Crippen molar-refractivity contribution in [3.63, 3.8) is 0 Å². The predicted molar refractivity (Wildman–Crippen MR) is 71.8 cm³/mol. The van der Waals surface area contributed by atoms with Crippen LogP contribution in [0.25, 0.3) is 0 Å². The molecule has 1 unspecified atom stereocenters. The molecule has 1 heterocycles. The number of carbonyl (C=O) groups excluding carboxylic acids is 1. The smallest absolute Gasteiger partial charge is 0.254 e. The molecule has 1 fully saturated rings. The Hall–Kier alpha value is -1.06. The van der Waals surface area contributed by atoms with Crippen LogP contribution in [-0.2, 0) is 0 Å². The zero-order valence-corrected chi connectivity index (χ0v) is 11.1. The summed E-state index contributed by atoms with van der Waals surface area (Å²) in [5, 5.41) is 3.29. The second kappa shape index (κ2) is 6.03. The summed E-state index contributed by atoms with van der Waals surface area (Å²) in [4.78, 5) is 14.3. The van der Waals surface area contributed by atoms with Crippen molar-refractivity contribution in [2.45, 2.75) is 19.9 Å². The highest BCUT2D eigenvalue weighted by Gasteiger charge is 2.24. The van der Waals surface area contributed by atoms with E-state index in [0.29, 0.717) is 0 Å². The van der Waals surface area contributed by atoms with Gasteiger partial charge in [0.15, 0.2) is 0 Å². The Bertz CT molecular complexity index is 395. The Morgan fingerprint density at radius 2 is 2.12 bits per heavy atom. The van der Waals surface area contributed by atoms with Gasteiger partial charge in [-0.1, -0.05) is 18.2 Å². The largest absolute Gasteiger partial charge is 0.333 e. The van der Waals surface area contributed by atoms with Gasteiger partial charge in [-0.25, -0.2) is 0 Å². The number of nitrogens with one attached hydrogen (secondary N) is 1. The SMILES string of the molecule is Cc1ccccc1C(=O)N1CCNCC1C.Cl. The third kappa shape index (κ3) is 2.99. The normalized spacial score (nSPS) is 19.6. The van der Waals surface area contributed by atoms with Crippen LogP contribution in [0.1, 0.15) is 22.8 Å². The fourth-order valence-corrected chi connectivity index (χ4v) is 2.11. The van der Waals surface area contributed by atoms with Gasteiger partial charge in [0.05, 0.1) is 0 Å². The van der Waals surface area contributed by atoms with E-state index in [2.05, 4.69) is 12.2 Å². The first-order valence-corrected chi connectivity index (χ1v) is 5.77. The van der Waals surface area contributed by atoms with Crippen molar-refractivity contribution in [3.05, 3.63) is 35.4 Å². The van der Waals surface area contributed by atoms with Gasteiger partial charge < -0.3 is 10.2 Å². The highest BCUT2D eigenvalue weighted by Crippen LogP contribution is 2.13. The maximum atomic E-state index is 12.3. The minimum atomic E-state index is 0. The van der Waals surface area contributed by atoms with Gasteiger partial charge in [0.2, 0.25) is 0 Å². The fraction of sp³-hybridized carbons (Fsp3) is 0.462. The predicted octanol–water partition coefficient (Wildman–Crippen LogP) is 1.85. The lowest BCUT2D eigenvalue weighted by atomic mass is 10.1. The molecule has 0 aliphatic carbocycles. The first-order chi connectivity index (χ1) is 7.70. The van der Waals surface area contributed by atoms with Gasteiger partial charge in [-0.2, -0.15) is 0 Å². The number of amides is 1. The zero-order valence-electron chi connectivity index (χ0n) is 10.3. The molecule has 1 N–H and O–H groups in total. The number of nitrogens with zero attached hydrogens (tertiary/aromatic N) is 1. The summed E-state index contributed by atoms with van der Waals surface area (Å²) in [6.45, 7) is 6.65. The van der Waals surface area contributed by atoms with E-state index in [1.807, 2.05) is 36.1 Å². The summed E-state index contributed by atoms with van der Waals surface area (Å²) in [5.74, 6) is 0.159. The number of aryl methyl sites for hydroxylation is 1. The van der Waals surface area contributed by atoms with Crippen LogP contribution in [0.2, 0.25) is 0 Å². The van der Waals surface area contributed by atoms with Crippen LogP contribution in [0.3, 0.4) is 0 Å². The number of piperazine rings is 1. The number of carbonyl (C=O) groups is 1. The first kappa shape index (κ1) is 14.0. The Labute approximate surface area is 109 Å². The Kier molecular flexibility index (Phi) is 4.97. The lowest BCUT2D eigenvalue weighted by Gasteiger charge is -2.34. The maximum Gasteiger partial charge on any atom is 0.254 e. The van der Waals surface area contributed by atoms with E-state index < -0.39 is 0 Å². The van der Waals surface area contributed by atoms with Gasteiger partial charge in [-0.15, -0.1) is 12.4 Å². The molecule has 17 heavy (non-hydrogen) atoms. The quantitative estimate of drug-likeness (QED) is 0.830. The molecule has 1 aromatic carbocycles. The van der Waals surface area contributed by atoms with E-state index >= 15 is 0 Å². The van der Waals surface area contributed by atoms with E-state index in [1.54, 1.807) is 0 Å². The number of hydrogen-bond donors (Lipinski definition) is 1. The molecule has 4 heteroatoms. The minimum Gasteiger partial charge on any atom is -0.333 e. The van der Waals surface area contributed by atoms with Crippen molar-refractivity contribution in [2.75, 3.05) is 19.6 Å². The summed E-state index contributed by atoms with van der Waals surface area (Å²) in [6, 6.07) is 8.06. The second-order valence-electron chi connectivity index (χ2n) is 4.37. The first-order valence-electron chi connectivity index (χ1n) is 5.77. The molecule has 3 nitrogen and oxygen atoms in total. The van der Waals surface area contributed by atoms with Crippen LogP contribution in [-0.4, -0.2) is 36.5 Å². The van der Waals surface area contributed by atoms with E-state index in [9.17, 15) is 4.79 Å². The number of benzene rings is 1. The molecular formula is C13H19ClN2O. The molecule has 1 saturated heterocycles. The third-order valence-electron chi connectivity index (χ3n) is 3.14. The molecule has 0 saturated carbocycles. The molecule has 1 atom stereocenters. The lowest BCUT2D eigenvalue weighted by molar-refractivity contribution is 0.0655. The molecule has 0 spiro atoms. The Morgan fingerprint density at radius 1 is 1.41 bits per heavy atom. The standard InChI is InChI=1S/C13H18N2O.ClH/c1-10-5-3-4-6-12(10)13(16)15-8-7-14-9-11(15)2;/h3-6,11,14H,7-9H2,1-2H3;1H. The lowest BCUT2D eigenvalue weighted by Crippen LogP contribution is -2.52. The average Bonchev–Trinajstić information content (AvgIpc) is 2.29. The Balaban J connectivity index is 0.00000144. The van der Waals surface area contributed by atoms with Gasteiger partial charge in [0, 0.05) is 31.2 Å². The van der Waals surface area contributed by atoms with E-state index in [1.165, 1.54) is 0 Å². The van der Waals surface area contributed by atoms with Gasteiger partial charge >= 0.3 is 0 Å². The van der Waals surface area contributed by atoms with Crippen LogP contribution in [0.5, 0.6) is 0 Å². The molecule has 2 rings (SSSR count). The van der Waals surface area contributed by atoms with Crippen LogP contribution >= 0.6 is 12.4 Å². The molecule has 0 bridgehead atoms. The summed E-state index contributed by atoms with van der Waals surface area (Å²) >= 11 is 0. The average molecular weight is 255 g/mol. The van der Waals surface area contributed by atoms with Crippen molar-refractivity contribution in [1.82, 2.24) is 10.2 Å². The summed E-state index contributed by atoms with van der Waals surface area (Å²) in [6.07, 6.45) is 0. The van der Waals surface area contributed by atoms with Gasteiger partial charge in [-0.3, -0.25) is 4.79 Å². The van der Waals surface area contributed by atoms with Crippen molar-refractivity contribution in [3.8, 4) is 0 Å². The second-order valence-corrected chi connectivity index (χ2v) is 4.37. The van der Waals surface area contributed by atoms with E-state index in [-0.39, 0.29) is 24.4 Å². The van der Waals surface area contributed by atoms with Crippen LogP contribution < -0.4 is 5.32 Å². The molecule has 1 aromatic rings. The minimum absolute atomic E-state index is 0. The summed E-state index contributed by atoms with van der Waals surface area (Å²) in [7, 11) is 0. The van der Waals surface area contributed by atoms with E-state index in [0.717, 1.165) is 30.8 Å². The summed E-state index contributed by atoms with van der Waals surface area (Å²) in [5.41, 5.74) is 1.88. The van der Waals surface area contributed by atoms with Crippen LogP contribution in [0.15, 0.2) is 24.3 Å². The topological polar surface area (TPSA) is 32.3 Å². The molecule has 1 aliphatic rings. The molecule has 1 aliphatic heterocycles. The van der Waals surface area contributed by atoms with Crippen LogP contribution in [0.4, 0.5) is 0 Å². The molecular weight excluding hydrogens is 236 g/mol. The monoisotopic (exact) mass is 254 g/mol. The maximum absolute atomic E-state index is 12.3. The van der Waals surface area contributed by atoms with Crippen molar-refractivity contribution in [2.24, 2.45) is 0 Å². The zero-order chi connectivity index (χ0) is 11.5. The fourth-order valence-electron chi connectivity index (χ4n) is 2.11. The summed E-state index contributed by atoms with van der Waals surface area (Å²) < 4.78 is 0. The van der Waals surface area contributed by atoms with Gasteiger partial charge in [0.25, 0.3) is 5.91 Å². The molecule has 1 amide bonds. The molecule has 94 valence electrons. The van der Waals surface area contributed by atoms with Gasteiger partial charge in [0.1, 0.15) is 0 Å². The Morgan fingerprint density at radius 3 is 2.76 bits per heavy atom. The number of rotatable bonds is 1. The molecule has 0 aromatic heterocycles. The van der Waals surface area contributed by atoms with Crippen molar-refractivity contribution in [1.29, 1.82) is 0 Å². The highest BCUT2D eigenvalue weighted by atomic mass is 35.5. The molecule has 0 radical (unpaired) electrons. The van der Waals surface area contributed by atoms with Crippen molar-refractivity contribution < 1.29 is 4.79 Å². The number of hydrogen-bond acceptors (Lipinski definition) is 2. The van der Waals surface area contributed by atoms with Gasteiger partial charge in [-0.05, 0) is 25.5 Å². The number of halogens is 1. The van der Waals surface area contributed by atoms with Crippen LogP contribution in [0, 0.1) is 6.92 Å². The van der Waals surface area contributed by atoms with E-state index in [4.69, 9.17) is 0 Å². The highest BCUT2D eigenvalue weighted by molar-refractivity contribution is 5.95. The van der Waals surface area contributed by atoms with Crippen molar-refractivity contribution >= 4 is 18.3 Å². The third-order valence-corrected chi connectivity index (χ3v) is 3.14.